The SMILES string of the molecule is CC(C)CNCC(O)CN(C)CC1CCC1. The normalized spacial score (nSPS) is 19.1. The van der Waals surface area contributed by atoms with E-state index in [4.69, 9.17) is 0 Å². The monoisotopic (exact) mass is 228 g/mol. The molecule has 1 unspecified atom stereocenters. The molecule has 96 valence electrons. The second-order valence-electron chi connectivity index (χ2n) is 5.72. The maximum Gasteiger partial charge on any atom is 0.0791 e. The molecule has 3 nitrogen and oxygen atoms in total. The second-order valence-corrected chi connectivity index (χ2v) is 5.72. The molecule has 1 aliphatic carbocycles. The lowest BCUT2D eigenvalue weighted by atomic mass is 9.85. The Kier molecular flexibility index (Phi) is 6.32. The fraction of sp³-hybridized carbons (Fsp3) is 1.00. The smallest absolute Gasteiger partial charge is 0.0791 e. The van der Waals surface area contributed by atoms with Crippen molar-refractivity contribution < 1.29 is 5.11 Å². The number of rotatable bonds is 8. The average molecular weight is 228 g/mol. The Balaban J connectivity index is 2.00. The van der Waals surface area contributed by atoms with Crippen molar-refractivity contribution >= 4 is 0 Å². The van der Waals surface area contributed by atoms with Gasteiger partial charge < -0.3 is 15.3 Å². The van der Waals surface area contributed by atoms with Gasteiger partial charge in [0.1, 0.15) is 0 Å². The van der Waals surface area contributed by atoms with Gasteiger partial charge in [-0.25, -0.2) is 0 Å². The van der Waals surface area contributed by atoms with E-state index in [-0.39, 0.29) is 6.10 Å². The molecule has 1 rings (SSSR count). The van der Waals surface area contributed by atoms with Gasteiger partial charge in [-0.05, 0) is 38.3 Å². The number of aliphatic hydroxyl groups excluding tert-OH is 1. The van der Waals surface area contributed by atoms with Crippen molar-refractivity contribution in [1.29, 1.82) is 0 Å². The first kappa shape index (κ1) is 13.9. The molecule has 2 N–H and O–H groups in total. The first-order valence-electron chi connectivity index (χ1n) is 6.65. The van der Waals surface area contributed by atoms with E-state index in [1.165, 1.54) is 19.3 Å². The molecule has 0 heterocycles. The molecule has 0 amide bonds. The molecule has 0 aliphatic heterocycles. The Hall–Kier alpha value is -0.120. The molecule has 1 fully saturated rings. The first-order chi connectivity index (χ1) is 7.58. The molecule has 0 bridgehead atoms. The van der Waals surface area contributed by atoms with Crippen LogP contribution in [0.1, 0.15) is 33.1 Å². The Labute approximate surface area is 100 Å². The van der Waals surface area contributed by atoms with Crippen LogP contribution in [0, 0.1) is 11.8 Å². The molecule has 0 radical (unpaired) electrons. The highest BCUT2D eigenvalue weighted by molar-refractivity contribution is 4.74. The third-order valence-corrected chi connectivity index (χ3v) is 3.25. The summed E-state index contributed by atoms with van der Waals surface area (Å²) in [6.45, 7) is 8.02. The fourth-order valence-electron chi connectivity index (χ4n) is 2.15. The van der Waals surface area contributed by atoms with Gasteiger partial charge in [-0.3, -0.25) is 0 Å². The van der Waals surface area contributed by atoms with Crippen LogP contribution in [0.5, 0.6) is 0 Å². The highest BCUT2D eigenvalue weighted by Crippen LogP contribution is 2.26. The van der Waals surface area contributed by atoms with E-state index in [1.54, 1.807) is 0 Å². The molecule has 0 aromatic carbocycles. The molecule has 1 atom stereocenters. The van der Waals surface area contributed by atoms with Gasteiger partial charge in [0.25, 0.3) is 0 Å². The van der Waals surface area contributed by atoms with Gasteiger partial charge in [-0.2, -0.15) is 0 Å². The molecule has 0 aromatic rings. The third kappa shape index (κ3) is 5.83. The molecule has 16 heavy (non-hydrogen) atoms. The number of aliphatic hydroxyl groups is 1. The summed E-state index contributed by atoms with van der Waals surface area (Å²) in [4.78, 5) is 2.27. The van der Waals surface area contributed by atoms with Crippen molar-refractivity contribution in [2.24, 2.45) is 11.8 Å². The Bertz CT molecular complexity index is 181. The fourth-order valence-corrected chi connectivity index (χ4v) is 2.15. The van der Waals surface area contributed by atoms with E-state index in [2.05, 4.69) is 31.1 Å². The van der Waals surface area contributed by atoms with Crippen molar-refractivity contribution in [2.45, 2.75) is 39.2 Å². The number of nitrogens with zero attached hydrogens (tertiary/aromatic N) is 1. The van der Waals surface area contributed by atoms with Gasteiger partial charge in [0.05, 0.1) is 6.10 Å². The minimum Gasteiger partial charge on any atom is -0.390 e. The Morgan fingerprint density at radius 1 is 1.31 bits per heavy atom. The summed E-state index contributed by atoms with van der Waals surface area (Å²) in [6, 6.07) is 0. The molecular formula is C13H28N2O. The van der Waals surface area contributed by atoms with Crippen LogP contribution in [-0.2, 0) is 0 Å². The number of nitrogens with one attached hydrogen (secondary N) is 1. The lowest BCUT2D eigenvalue weighted by molar-refractivity contribution is 0.105. The summed E-state index contributed by atoms with van der Waals surface area (Å²) in [5.41, 5.74) is 0. The topological polar surface area (TPSA) is 35.5 Å². The Morgan fingerprint density at radius 3 is 2.50 bits per heavy atom. The largest absolute Gasteiger partial charge is 0.390 e. The molecule has 1 aliphatic rings. The Morgan fingerprint density at radius 2 is 2.00 bits per heavy atom. The van der Waals surface area contributed by atoms with Crippen LogP contribution in [0.15, 0.2) is 0 Å². The maximum absolute atomic E-state index is 9.83. The molecule has 1 saturated carbocycles. The summed E-state index contributed by atoms with van der Waals surface area (Å²) in [7, 11) is 2.12. The van der Waals surface area contributed by atoms with Crippen molar-refractivity contribution in [3.63, 3.8) is 0 Å². The zero-order valence-electron chi connectivity index (χ0n) is 11.1. The molecule has 3 heteroatoms. The van der Waals surface area contributed by atoms with Crippen LogP contribution in [0.2, 0.25) is 0 Å². The number of likely N-dealkylation sites (N-methyl/N-ethyl adjacent to an activating group) is 1. The van der Waals surface area contributed by atoms with Crippen LogP contribution in [0.3, 0.4) is 0 Å². The third-order valence-electron chi connectivity index (χ3n) is 3.25. The molecule has 0 spiro atoms. The van der Waals surface area contributed by atoms with Crippen LogP contribution >= 0.6 is 0 Å². The van der Waals surface area contributed by atoms with Crippen molar-refractivity contribution in [3.8, 4) is 0 Å². The predicted molar refractivity (Wildman–Crippen MR) is 68.6 cm³/mol. The van der Waals surface area contributed by atoms with Gasteiger partial charge in [0, 0.05) is 19.6 Å². The molecule has 0 saturated heterocycles. The summed E-state index contributed by atoms with van der Waals surface area (Å²) < 4.78 is 0. The highest BCUT2D eigenvalue weighted by atomic mass is 16.3. The van der Waals surface area contributed by atoms with Gasteiger partial charge in [0.15, 0.2) is 0 Å². The van der Waals surface area contributed by atoms with Crippen molar-refractivity contribution in [1.82, 2.24) is 10.2 Å². The van der Waals surface area contributed by atoms with Crippen molar-refractivity contribution in [3.05, 3.63) is 0 Å². The van der Waals surface area contributed by atoms with Crippen LogP contribution < -0.4 is 5.32 Å². The second kappa shape index (κ2) is 7.25. The van der Waals surface area contributed by atoms with Gasteiger partial charge in [-0.1, -0.05) is 20.3 Å². The zero-order chi connectivity index (χ0) is 12.0. The highest BCUT2D eigenvalue weighted by Gasteiger charge is 2.19. The summed E-state index contributed by atoms with van der Waals surface area (Å²) in [6.07, 6.45) is 3.93. The minimum atomic E-state index is -0.233. The number of hydrogen-bond acceptors (Lipinski definition) is 3. The van der Waals surface area contributed by atoms with Crippen LogP contribution in [-0.4, -0.2) is 49.3 Å². The maximum atomic E-state index is 9.83. The van der Waals surface area contributed by atoms with Crippen molar-refractivity contribution in [2.75, 3.05) is 33.2 Å². The first-order valence-corrected chi connectivity index (χ1v) is 6.65. The van der Waals surface area contributed by atoms with Gasteiger partial charge in [-0.15, -0.1) is 0 Å². The van der Waals surface area contributed by atoms with Crippen LogP contribution in [0.4, 0.5) is 0 Å². The quantitative estimate of drug-likeness (QED) is 0.658. The zero-order valence-corrected chi connectivity index (χ0v) is 11.1. The average Bonchev–Trinajstić information content (AvgIpc) is 2.10. The lowest BCUT2D eigenvalue weighted by Crippen LogP contribution is -2.40. The lowest BCUT2D eigenvalue weighted by Gasteiger charge is -2.31. The molecule has 0 aromatic heterocycles. The van der Waals surface area contributed by atoms with Crippen LogP contribution in [0.25, 0.3) is 0 Å². The van der Waals surface area contributed by atoms with Gasteiger partial charge >= 0.3 is 0 Å². The summed E-state index contributed by atoms with van der Waals surface area (Å²) >= 11 is 0. The molecular weight excluding hydrogens is 200 g/mol. The van der Waals surface area contributed by atoms with Gasteiger partial charge in [0.2, 0.25) is 0 Å². The predicted octanol–water partition coefficient (Wildman–Crippen LogP) is 1.32. The summed E-state index contributed by atoms with van der Waals surface area (Å²) in [5, 5.41) is 13.1. The van der Waals surface area contributed by atoms with E-state index in [1.807, 2.05) is 0 Å². The van der Waals surface area contributed by atoms with E-state index < -0.39 is 0 Å². The van der Waals surface area contributed by atoms with E-state index in [0.717, 1.165) is 25.6 Å². The standard InChI is InChI=1S/C13H28N2O/c1-11(2)7-14-8-13(16)10-15(3)9-12-5-4-6-12/h11-14,16H,4-10H2,1-3H3. The van der Waals surface area contributed by atoms with E-state index >= 15 is 0 Å². The van der Waals surface area contributed by atoms with E-state index in [0.29, 0.717) is 12.5 Å². The summed E-state index contributed by atoms with van der Waals surface area (Å²) in [5.74, 6) is 1.54. The van der Waals surface area contributed by atoms with E-state index in [9.17, 15) is 5.11 Å². The number of hydrogen-bond donors (Lipinski definition) is 2. The minimum absolute atomic E-state index is 0.233.